The van der Waals surface area contributed by atoms with Gasteiger partial charge < -0.3 is 9.47 Å². The number of aromatic nitrogens is 1. The lowest BCUT2D eigenvalue weighted by Crippen LogP contribution is -2.11. The molecule has 0 unspecified atom stereocenters. The first-order valence-electron chi connectivity index (χ1n) is 22.7. The number of benzene rings is 11. The van der Waals surface area contributed by atoms with Crippen LogP contribution in [0.5, 0.6) is 0 Å². The number of hydrogen-bond acceptors (Lipinski definition) is 1. The highest BCUT2D eigenvalue weighted by molar-refractivity contribution is 6.10. The van der Waals surface area contributed by atoms with Crippen LogP contribution in [-0.4, -0.2) is 4.57 Å². The van der Waals surface area contributed by atoms with E-state index in [1.165, 1.54) is 77.1 Å². The highest BCUT2D eigenvalue weighted by atomic mass is 15.1. The van der Waals surface area contributed by atoms with E-state index in [1.54, 1.807) is 0 Å². The smallest absolute Gasteiger partial charge is 0.0541 e. The third-order valence-corrected chi connectivity index (χ3v) is 13.0. The Morgan fingerprint density at radius 1 is 0.258 bits per heavy atom. The second-order valence-corrected chi connectivity index (χ2v) is 16.9. The summed E-state index contributed by atoms with van der Waals surface area (Å²) < 4.78 is 2.37. The monoisotopic (exact) mass is 840 g/mol. The Bertz CT molecular complexity index is 3700. The largest absolute Gasteiger partial charge is 0.310 e. The van der Waals surface area contributed by atoms with Crippen molar-refractivity contribution in [2.24, 2.45) is 0 Å². The molecule has 0 N–H and O–H groups in total. The molecule has 2 nitrogen and oxygen atoms in total. The summed E-state index contributed by atoms with van der Waals surface area (Å²) in [7, 11) is 0. The van der Waals surface area contributed by atoms with Crippen molar-refractivity contribution in [3.05, 3.63) is 267 Å². The molecule has 0 aliphatic carbocycles. The van der Waals surface area contributed by atoms with E-state index in [-0.39, 0.29) is 0 Å². The number of rotatable bonds is 9. The summed E-state index contributed by atoms with van der Waals surface area (Å²) in [5, 5.41) is 4.95. The van der Waals surface area contributed by atoms with Crippen molar-refractivity contribution in [1.82, 2.24) is 4.57 Å². The quantitative estimate of drug-likeness (QED) is 0.141. The van der Waals surface area contributed by atoms with Gasteiger partial charge in [-0.1, -0.05) is 200 Å². The zero-order valence-electron chi connectivity index (χ0n) is 36.3. The predicted molar refractivity (Wildman–Crippen MR) is 280 cm³/mol. The topological polar surface area (TPSA) is 8.17 Å². The minimum Gasteiger partial charge on any atom is -0.310 e. The lowest BCUT2D eigenvalue weighted by molar-refractivity contribution is 1.18. The van der Waals surface area contributed by atoms with Gasteiger partial charge in [0.15, 0.2) is 0 Å². The van der Waals surface area contributed by atoms with Crippen LogP contribution in [0.3, 0.4) is 0 Å². The summed E-state index contributed by atoms with van der Waals surface area (Å²) in [6.07, 6.45) is 0. The van der Waals surface area contributed by atoms with Gasteiger partial charge in [0.1, 0.15) is 0 Å². The van der Waals surface area contributed by atoms with Gasteiger partial charge in [-0.25, -0.2) is 0 Å². The first-order valence-corrected chi connectivity index (χ1v) is 22.7. The van der Waals surface area contributed by atoms with Crippen LogP contribution in [0, 0.1) is 0 Å². The maximum atomic E-state index is 2.43. The molecule has 0 spiro atoms. The van der Waals surface area contributed by atoms with E-state index in [0.29, 0.717) is 0 Å². The van der Waals surface area contributed by atoms with Gasteiger partial charge in [0, 0.05) is 33.4 Å². The number of para-hydroxylation sites is 3. The molecule has 0 fully saturated rings. The molecule has 0 radical (unpaired) electrons. The van der Waals surface area contributed by atoms with Crippen molar-refractivity contribution >= 4 is 49.6 Å². The fraction of sp³-hybridized carbons (Fsp3) is 0. The highest BCUT2D eigenvalue weighted by Crippen LogP contribution is 2.46. The van der Waals surface area contributed by atoms with E-state index in [9.17, 15) is 0 Å². The summed E-state index contributed by atoms with van der Waals surface area (Å²) in [5.41, 5.74) is 18.6. The summed E-state index contributed by atoms with van der Waals surface area (Å²) >= 11 is 0. The zero-order chi connectivity index (χ0) is 43.8. The van der Waals surface area contributed by atoms with Gasteiger partial charge in [-0.2, -0.15) is 0 Å². The summed E-state index contributed by atoms with van der Waals surface area (Å²) in [6.45, 7) is 0. The second kappa shape index (κ2) is 16.8. The Morgan fingerprint density at radius 2 is 0.788 bits per heavy atom. The molecule has 66 heavy (non-hydrogen) atoms. The molecule has 0 saturated heterocycles. The second-order valence-electron chi connectivity index (χ2n) is 16.9. The summed E-state index contributed by atoms with van der Waals surface area (Å²) in [5.74, 6) is 0. The summed E-state index contributed by atoms with van der Waals surface area (Å²) in [4.78, 5) is 2.43. The Labute approximate surface area is 385 Å². The Balaban J connectivity index is 1.01. The van der Waals surface area contributed by atoms with Crippen LogP contribution in [0.2, 0.25) is 0 Å². The fourth-order valence-electron chi connectivity index (χ4n) is 9.87. The molecule has 310 valence electrons. The average molecular weight is 841 g/mol. The SMILES string of the molecule is c1ccc(-c2ccccc2-c2ccccc2-c2ccccc2N(c2ccc(-c3ccc4c(c3)c3ccccc3n4-c3ccccc3)cc2)c2cccc(-c3ccc4ccccc4c3)c2)cc1. The molecule has 0 atom stereocenters. The van der Waals surface area contributed by atoms with Crippen LogP contribution >= 0.6 is 0 Å². The Morgan fingerprint density at radius 3 is 1.58 bits per heavy atom. The lowest BCUT2D eigenvalue weighted by atomic mass is 9.88. The van der Waals surface area contributed by atoms with Crippen molar-refractivity contribution in [1.29, 1.82) is 0 Å². The fourth-order valence-corrected chi connectivity index (χ4v) is 9.87. The van der Waals surface area contributed by atoms with Crippen LogP contribution in [0.25, 0.3) is 93.9 Å². The first kappa shape index (κ1) is 38.9. The Kier molecular flexibility index (Phi) is 9.89. The predicted octanol–water partition coefficient (Wildman–Crippen LogP) is 17.7. The van der Waals surface area contributed by atoms with E-state index < -0.39 is 0 Å². The standard InChI is InChI=1S/C64H44N2/c1-3-19-47(20-4-1)55-26-9-10-27-56(55)57-28-11-12-29-58(57)59-30-13-15-32-62(59)65(54-25-17-22-49(43-54)50-35-34-45-18-7-8-21-48(45)42-50)53-39-36-46(37-40-53)51-38-41-64-61(44-51)60-31-14-16-33-63(60)66(64)52-23-5-2-6-24-52/h1-44H. The van der Waals surface area contributed by atoms with E-state index in [2.05, 4.69) is 276 Å². The Hall–Kier alpha value is -8.72. The molecule has 0 amide bonds. The maximum Gasteiger partial charge on any atom is 0.0541 e. The molecule has 0 aliphatic rings. The van der Waals surface area contributed by atoms with Crippen LogP contribution in [-0.2, 0) is 0 Å². The zero-order valence-corrected chi connectivity index (χ0v) is 36.3. The van der Waals surface area contributed by atoms with Crippen molar-refractivity contribution in [2.75, 3.05) is 4.90 Å². The molecular weight excluding hydrogens is 797 g/mol. The number of nitrogens with zero attached hydrogens (tertiary/aromatic N) is 2. The van der Waals surface area contributed by atoms with Gasteiger partial charge in [0.2, 0.25) is 0 Å². The van der Waals surface area contributed by atoms with Gasteiger partial charge in [-0.15, -0.1) is 0 Å². The molecule has 0 aliphatic heterocycles. The number of anilines is 3. The molecule has 0 saturated carbocycles. The molecule has 1 aromatic heterocycles. The van der Waals surface area contributed by atoms with Crippen LogP contribution in [0.15, 0.2) is 267 Å². The number of fused-ring (bicyclic) bond motifs is 4. The highest BCUT2D eigenvalue weighted by Gasteiger charge is 2.21. The molecule has 1 heterocycles. The van der Waals surface area contributed by atoms with Crippen LogP contribution < -0.4 is 4.90 Å². The van der Waals surface area contributed by atoms with Gasteiger partial charge in [-0.3, -0.25) is 0 Å². The van der Waals surface area contributed by atoms with Gasteiger partial charge in [0.25, 0.3) is 0 Å². The van der Waals surface area contributed by atoms with Crippen LogP contribution in [0.1, 0.15) is 0 Å². The van der Waals surface area contributed by atoms with Crippen molar-refractivity contribution in [3.63, 3.8) is 0 Å². The van der Waals surface area contributed by atoms with E-state index in [4.69, 9.17) is 0 Å². The third-order valence-electron chi connectivity index (χ3n) is 13.0. The lowest BCUT2D eigenvalue weighted by Gasteiger charge is -2.29. The van der Waals surface area contributed by atoms with Crippen molar-refractivity contribution < 1.29 is 0 Å². The summed E-state index contributed by atoms with van der Waals surface area (Å²) in [6, 6.07) is 96.9. The number of hydrogen-bond donors (Lipinski definition) is 0. The van der Waals surface area contributed by atoms with Crippen molar-refractivity contribution in [2.45, 2.75) is 0 Å². The minimum absolute atomic E-state index is 1.07. The van der Waals surface area contributed by atoms with Gasteiger partial charge >= 0.3 is 0 Å². The van der Waals surface area contributed by atoms with Gasteiger partial charge in [-0.05, 0) is 128 Å². The van der Waals surface area contributed by atoms with Gasteiger partial charge in [0.05, 0.1) is 16.7 Å². The maximum absolute atomic E-state index is 2.43. The van der Waals surface area contributed by atoms with Crippen LogP contribution in [0.4, 0.5) is 17.1 Å². The molecule has 12 rings (SSSR count). The molecule has 2 heteroatoms. The molecule has 11 aromatic carbocycles. The molecular formula is C64H44N2. The van der Waals surface area contributed by atoms with E-state index >= 15 is 0 Å². The normalized spacial score (nSPS) is 11.3. The van der Waals surface area contributed by atoms with E-state index in [1.807, 2.05) is 0 Å². The molecule has 0 bridgehead atoms. The van der Waals surface area contributed by atoms with E-state index in [0.717, 1.165) is 33.9 Å². The average Bonchev–Trinajstić information content (AvgIpc) is 3.73. The first-order chi connectivity index (χ1) is 32.7. The molecule has 12 aromatic rings. The third kappa shape index (κ3) is 7.02. The van der Waals surface area contributed by atoms with Crippen molar-refractivity contribution in [3.8, 4) is 61.3 Å². The minimum atomic E-state index is 1.07.